The van der Waals surface area contributed by atoms with Crippen molar-refractivity contribution in [2.45, 2.75) is 26.7 Å². The number of pyridine rings is 1. The third-order valence-electron chi connectivity index (χ3n) is 3.60. The van der Waals surface area contributed by atoms with Crippen LogP contribution in [0, 0.1) is 11.8 Å². The summed E-state index contributed by atoms with van der Waals surface area (Å²) in [7, 11) is 0. The molecule has 1 amide bonds. The minimum atomic E-state index is -0.0673. The highest BCUT2D eigenvalue weighted by atomic mass is 16.1. The highest BCUT2D eigenvalue weighted by Crippen LogP contribution is 2.25. The Labute approximate surface area is 120 Å². The fourth-order valence-corrected chi connectivity index (χ4v) is 2.85. The van der Waals surface area contributed by atoms with Gasteiger partial charge in [0.1, 0.15) is 5.82 Å². The van der Waals surface area contributed by atoms with Crippen LogP contribution < -0.4 is 16.0 Å². The SMILES string of the molecule is CC1CC(C)CN(c2ccc(NC(=O)CCN)cn2)C1. The van der Waals surface area contributed by atoms with Crippen molar-refractivity contribution < 1.29 is 4.79 Å². The lowest BCUT2D eigenvalue weighted by Crippen LogP contribution is -2.39. The topological polar surface area (TPSA) is 71.2 Å². The normalized spacial score (nSPS) is 22.6. The first-order valence-electron chi connectivity index (χ1n) is 7.29. The van der Waals surface area contributed by atoms with Crippen LogP contribution in [0.3, 0.4) is 0 Å². The van der Waals surface area contributed by atoms with Crippen molar-refractivity contribution in [1.29, 1.82) is 0 Å². The molecule has 110 valence electrons. The monoisotopic (exact) mass is 276 g/mol. The summed E-state index contributed by atoms with van der Waals surface area (Å²) in [6, 6.07) is 3.88. The first-order chi connectivity index (χ1) is 9.58. The summed E-state index contributed by atoms with van der Waals surface area (Å²) in [5, 5.41) is 2.79. The smallest absolute Gasteiger partial charge is 0.225 e. The number of piperidine rings is 1. The van der Waals surface area contributed by atoms with Crippen LogP contribution in [0.4, 0.5) is 11.5 Å². The zero-order chi connectivity index (χ0) is 14.5. The highest BCUT2D eigenvalue weighted by Gasteiger charge is 2.22. The highest BCUT2D eigenvalue weighted by molar-refractivity contribution is 5.90. The number of hydrogen-bond acceptors (Lipinski definition) is 4. The summed E-state index contributed by atoms with van der Waals surface area (Å²) < 4.78 is 0. The minimum Gasteiger partial charge on any atom is -0.356 e. The summed E-state index contributed by atoms with van der Waals surface area (Å²) in [5.41, 5.74) is 6.07. The van der Waals surface area contributed by atoms with Crippen LogP contribution in [0.2, 0.25) is 0 Å². The maximum Gasteiger partial charge on any atom is 0.225 e. The van der Waals surface area contributed by atoms with Crippen molar-refractivity contribution in [2.75, 3.05) is 29.9 Å². The second kappa shape index (κ2) is 6.70. The first kappa shape index (κ1) is 14.8. The van der Waals surface area contributed by atoms with Gasteiger partial charge in [0, 0.05) is 26.1 Å². The van der Waals surface area contributed by atoms with Gasteiger partial charge in [-0.2, -0.15) is 0 Å². The van der Waals surface area contributed by atoms with Gasteiger partial charge in [0.15, 0.2) is 0 Å². The maximum absolute atomic E-state index is 11.5. The Morgan fingerprint density at radius 2 is 2.10 bits per heavy atom. The number of nitrogens with two attached hydrogens (primary N) is 1. The van der Waals surface area contributed by atoms with Crippen molar-refractivity contribution in [2.24, 2.45) is 17.6 Å². The van der Waals surface area contributed by atoms with E-state index in [4.69, 9.17) is 5.73 Å². The van der Waals surface area contributed by atoms with Gasteiger partial charge in [-0.25, -0.2) is 4.98 Å². The maximum atomic E-state index is 11.5. The average molecular weight is 276 g/mol. The lowest BCUT2D eigenvalue weighted by atomic mass is 9.92. The van der Waals surface area contributed by atoms with Crippen LogP contribution in [0.5, 0.6) is 0 Å². The molecule has 0 aliphatic carbocycles. The second-order valence-electron chi connectivity index (χ2n) is 5.84. The molecule has 1 aromatic rings. The van der Waals surface area contributed by atoms with Crippen LogP contribution in [0.15, 0.2) is 18.3 Å². The van der Waals surface area contributed by atoms with Gasteiger partial charge in [0.25, 0.3) is 0 Å². The molecule has 1 aromatic heterocycles. The van der Waals surface area contributed by atoms with Crippen LogP contribution >= 0.6 is 0 Å². The second-order valence-corrected chi connectivity index (χ2v) is 5.84. The van der Waals surface area contributed by atoms with Crippen molar-refractivity contribution in [1.82, 2.24) is 4.98 Å². The molecular formula is C15H24N4O. The molecule has 2 heterocycles. The fourth-order valence-electron chi connectivity index (χ4n) is 2.85. The van der Waals surface area contributed by atoms with Gasteiger partial charge in [-0.3, -0.25) is 4.79 Å². The minimum absolute atomic E-state index is 0.0673. The quantitative estimate of drug-likeness (QED) is 0.880. The molecule has 0 aromatic carbocycles. The third-order valence-corrected chi connectivity index (χ3v) is 3.60. The molecule has 0 saturated carbocycles. The summed E-state index contributed by atoms with van der Waals surface area (Å²) in [6.07, 6.45) is 3.33. The van der Waals surface area contributed by atoms with Gasteiger partial charge in [-0.1, -0.05) is 13.8 Å². The molecule has 1 aliphatic rings. The molecule has 20 heavy (non-hydrogen) atoms. The van der Waals surface area contributed by atoms with Crippen molar-refractivity contribution in [3.63, 3.8) is 0 Å². The van der Waals surface area contributed by atoms with E-state index in [9.17, 15) is 4.79 Å². The predicted molar refractivity (Wildman–Crippen MR) is 81.7 cm³/mol. The molecule has 5 heteroatoms. The lowest BCUT2D eigenvalue weighted by Gasteiger charge is -2.35. The number of carbonyl (C=O) groups excluding carboxylic acids is 1. The molecule has 2 rings (SSSR count). The van der Waals surface area contributed by atoms with Gasteiger partial charge >= 0.3 is 0 Å². The van der Waals surface area contributed by atoms with E-state index in [2.05, 4.69) is 29.0 Å². The van der Waals surface area contributed by atoms with Gasteiger partial charge < -0.3 is 16.0 Å². The Morgan fingerprint density at radius 3 is 2.65 bits per heavy atom. The number of rotatable bonds is 4. The molecule has 1 aliphatic heterocycles. The number of amides is 1. The van der Waals surface area contributed by atoms with E-state index < -0.39 is 0 Å². The van der Waals surface area contributed by atoms with Crippen molar-refractivity contribution in [3.05, 3.63) is 18.3 Å². The van der Waals surface area contributed by atoms with E-state index >= 15 is 0 Å². The van der Waals surface area contributed by atoms with Crippen LogP contribution in [-0.2, 0) is 4.79 Å². The van der Waals surface area contributed by atoms with E-state index in [1.165, 1.54) is 6.42 Å². The number of nitrogens with one attached hydrogen (secondary N) is 1. The van der Waals surface area contributed by atoms with E-state index in [1.807, 2.05) is 12.1 Å². The van der Waals surface area contributed by atoms with Crippen LogP contribution in [-0.4, -0.2) is 30.5 Å². The largest absolute Gasteiger partial charge is 0.356 e. The summed E-state index contributed by atoms with van der Waals surface area (Å²) in [4.78, 5) is 18.2. The number of anilines is 2. The van der Waals surface area contributed by atoms with Crippen molar-refractivity contribution >= 4 is 17.4 Å². The lowest BCUT2D eigenvalue weighted by molar-refractivity contribution is -0.116. The Morgan fingerprint density at radius 1 is 1.40 bits per heavy atom. The van der Waals surface area contributed by atoms with Crippen LogP contribution in [0.1, 0.15) is 26.7 Å². The molecule has 1 saturated heterocycles. The molecule has 1 fully saturated rings. The standard InChI is InChI=1S/C15H24N4O/c1-11-7-12(2)10-19(9-11)14-4-3-13(8-17-14)18-15(20)5-6-16/h3-4,8,11-12H,5-7,9-10,16H2,1-2H3,(H,18,20). The zero-order valence-electron chi connectivity index (χ0n) is 12.3. The number of aromatic nitrogens is 1. The molecule has 5 nitrogen and oxygen atoms in total. The number of carbonyl (C=O) groups is 1. The Kier molecular flexibility index (Phi) is 4.95. The van der Waals surface area contributed by atoms with E-state index in [-0.39, 0.29) is 5.91 Å². The predicted octanol–water partition coefficient (Wildman–Crippen LogP) is 1.85. The molecule has 3 N–H and O–H groups in total. The zero-order valence-corrected chi connectivity index (χ0v) is 12.3. The van der Waals surface area contributed by atoms with Gasteiger partial charge in [0.2, 0.25) is 5.91 Å². The molecule has 0 bridgehead atoms. The van der Waals surface area contributed by atoms with Crippen LogP contribution in [0.25, 0.3) is 0 Å². The fraction of sp³-hybridized carbons (Fsp3) is 0.600. The Balaban J connectivity index is 1.99. The van der Waals surface area contributed by atoms with E-state index in [0.717, 1.165) is 24.6 Å². The molecule has 0 radical (unpaired) electrons. The Bertz CT molecular complexity index is 436. The van der Waals surface area contributed by atoms with Gasteiger partial charge in [-0.05, 0) is 30.4 Å². The Hall–Kier alpha value is -1.62. The van der Waals surface area contributed by atoms with E-state index in [1.54, 1.807) is 6.20 Å². The van der Waals surface area contributed by atoms with E-state index in [0.29, 0.717) is 24.8 Å². The third kappa shape index (κ3) is 3.93. The molecule has 0 spiro atoms. The molecular weight excluding hydrogens is 252 g/mol. The first-order valence-corrected chi connectivity index (χ1v) is 7.29. The van der Waals surface area contributed by atoms with Gasteiger partial charge in [0.05, 0.1) is 11.9 Å². The molecule has 2 unspecified atom stereocenters. The number of hydrogen-bond donors (Lipinski definition) is 2. The number of nitrogens with zero attached hydrogens (tertiary/aromatic N) is 2. The summed E-state index contributed by atoms with van der Waals surface area (Å²) in [6.45, 7) is 7.03. The average Bonchev–Trinajstić information content (AvgIpc) is 2.38. The summed E-state index contributed by atoms with van der Waals surface area (Å²) >= 11 is 0. The van der Waals surface area contributed by atoms with Gasteiger partial charge in [-0.15, -0.1) is 0 Å². The molecule has 2 atom stereocenters. The summed E-state index contributed by atoms with van der Waals surface area (Å²) in [5.74, 6) is 2.32. The van der Waals surface area contributed by atoms with Crippen molar-refractivity contribution in [3.8, 4) is 0 Å².